The minimum absolute atomic E-state index is 0.710. The van der Waals surface area contributed by atoms with E-state index in [0.717, 1.165) is 31.2 Å². The lowest BCUT2D eigenvalue weighted by Gasteiger charge is -2.39. The first kappa shape index (κ1) is 11.9. The van der Waals surface area contributed by atoms with E-state index in [4.69, 9.17) is 4.74 Å². The summed E-state index contributed by atoms with van der Waals surface area (Å²) >= 11 is 0. The second kappa shape index (κ2) is 5.25. The van der Waals surface area contributed by atoms with Gasteiger partial charge in [0.2, 0.25) is 0 Å². The van der Waals surface area contributed by atoms with Crippen molar-refractivity contribution in [3.05, 3.63) is 0 Å². The first-order valence-corrected chi connectivity index (χ1v) is 7.41. The number of piperidine rings is 1. The highest BCUT2D eigenvalue weighted by atomic mass is 16.5. The number of nitrogens with zero attached hydrogens (tertiary/aromatic N) is 1. The van der Waals surface area contributed by atoms with Crippen LogP contribution in [0.4, 0.5) is 0 Å². The van der Waals surface area contributed by atoms with Crippen LogP contribution in [0.25, 0.3) is 0 Å². The number of hydrogen-bond acceptors (Lipinski definition) is 3. The second-order valence-corrected chi connectivity index (χ2v) is 6.14. The minimum atomic E-state index is 0.710. The molecule has 1 aliphatic carbocycles. The Balaban J connectivity index is 1.50. The number of ether oxygens (including phenoxy) is 1. The molecule has 3 nitrogen and oxygen atoms in total. The van der Waals surface area contributed by atoms with Crippen LogP contribution in [-0.4, -0.2) is 49.3 Å². The van der Waals surface area contributed by atoms with Gasteiger partial charge in [-0.05, 0) is 51.5 Å². The van der Waals surface area contributed by atoms with Crippen LogP contribution < -0.4 is 5.32 Å². The molecule has 3 heteroatoms. The van der Waals surface area contributed by atoms with Gasteiger partial charge < -0.3 is 10.1 Å². The van der Waals surface area contributed by atoms with Crippen molar-refractivity contribution in [2.75, 3.05) is 26.3 Å². The van der Waals surface area contributed by atoms with E-state index >= 15 is 0 Å². The highest BCUT2D eigenvalue weighted by molar-refractivity contribution is 4.90. The monoisotopic (exact) mass is 238 g/mol. The highest BCUT2D eigenvalue weighted by Gasteiger charge is 2.32. The first-order valence-electron chi connectivity index (χ1n) is 7.41. The average molecular weight is 238 g/mol. The predicted octanol–water partition coefficient (Wildman–Crippen LogP) is 1.63. The van der Waals surface area contributed by atoms with Gasteiger partial charge in [-0.1, -0.05) is 0 Å². The normalized spacial score (nSPS) is 37.2. The quantitative estimate of drug-likeness (QED) is 0.805. The minimum Gasteiger partial charge on any atom is -0.381 e. The van der Waals surface area contributed by atoms with Crippen LogP contribution in [0.5, 0.6) is 0 Å². The van der Waals surface area contributed by atoms with Gasteiger partial charge in [0, 0.05) is 31.3 Å². The van der Waals surface area contributed by atoms with Gasteiger partial charge in [-0.25, -0.2) is 0 Å². The van der Waals surface area contributed by atoms with Crippen LogP contribution in [-0.2, 0) is 4.74 Å². The number of hydrogen-bond donors (Lipinski definition) is 1. The van der Waals surface area contributed by atoms with Crippen molar-refractivity contribution in [3.8, 4) is 0 Å². The highest BCUT2D eigenvalue weighted by Crippen LogP contribution is 2.26. The Hall–Kier alpha value is -0.120. The van der Waals surface area contributed by atoms with Crippen LogP contribution in [0.15, 0.2) is 0 Å². The molecule has 3 rings (SSSR count). The molecule has 0 aromatic carbocycles. The molecule has 0 bridgehead atoms. The van der Waals surface area contributed by atoms with Gasteiger partial charge in [0.15, 0.2) is 0 Å². The van der Waals surface area contributed by atoms with Gasteiger partial charge in [-0.2, -0.15) is 0 Å². The largest absolute Gasteiger partial charge is 0.381 e. The molecule has 0 aromatic heterocycles. The van der Waals surface area contributed by atoms with E-state index in [1.54, 1.807) is 0 Å². The molecule has 2 heterocycles. The van der Waals surface area contributed by atoms with E-state index in [2.05, 4.69) is 17.1 Å². The Bertz CT molecular complexity index is 249. The first-order chi connectivity index (χ1) is 8.33. The van der Waals surface area contributed by atoms with Crippen molar-refractivity contribution < 1.29 is 4.74 Å². The zero-order valence-electron chi connectivity index (χ0n) is 11.0. The molecule has 3 aliphatic rings. The summed E-state index contributed by atoms with van der Waals surface area (Å²) in [6.45, 7) is 6.92. The van der Waals surface area contributed by atoms with Crippen molar-refractivity contribution >= 4 is 0 Å². The molecular formula is C14H26N2O. The van der Waals surface area contributed by atoms with Crippen LogP contribution in [0, 0.1) is 5.92 Å². The zero-order valence-corrected chi connectivity index (χ0v) is 11.0. The number of likely N-dealkylation sites (tertiary alicyclic amines) is 1. The topological polar surface area (TPSA) is 24.5 Å². The summed E-state index contributed by atoms with van der Waals surface area (Å²) in [4.78, 5) is 2.70. The molecule has 0 spiro atoms. The van der Waals surface area contributed by atoms with Gasteiger partial charge >= 0.3 is 0 Å². The van der Waals surface area contributed by atoms with Crippen molar-refractivity contribution in [2.24, 2.45) is 5.92 Å². The Morgan fingerprint density at radius 3 is 2.76 bits per heavy atom. The lowest BCUT2D eigenvalue weighted by atomic mass is 9.95. The van der Waals surface area contributed by atoms with Crippen molar-refractivity contribution in [1.82, 2.24) is 10.2 Å². The van der Waals surface area contributed by atoms with Crippen LogP contribution >= 0.6 is 0 Å². The van der Waals surface area contributed by atoms with Gasteiger partial charge in [0.1, 0.15) is 0 Å². The third-order valence-corrected chi connectivity index (χ3v) is 4.72. The van der Waals surface area contributed by atoms with Gasteiger partial charge in [-0.3, -0.25) is 4.90 Å². The van der Waals surface area contributed by atoms with Crippen LogP contribution in [0.1, 0.15) is 39.0 Å². The van der Waals surface area contributed by atoms with Crippen molar-refractivity contribution in [1.29, 1.82) is 0 Å². The molecule has 1 saturated carbocycles. The SMILES string of the molecule is CC(C1CCOC1)N1CCCC(NC2CC2)C1. The van der Waals surface area contributed by atoms with E-state index in [-0.39, 0.29) is 0 Å². The predicted molar refractivity (Wildman–Crippen MR) is 69.1 cm³/mol. The zero-order chi connectivity index (χ0) is 11.7. The molecule has 3 unspecified atom stereocenters. The number of nitrogens with one attached hydrogen (secondary N) is 1. The molecule has 3 atom stereocenters. The fraction of sp³-hybridized carbons (Fsp3) is 1.00. The fourth-order valence-electron chi connectivity index (χ4n) is 3.33. The molecule has 98 valence electrons. The molecule has 0 radical (unpaired) electrons. The summed E-state index contributed by atoms with van der Waals surface area (Å²) < 4.78 is 5.53. The molecule has 0 amide bonds. The summed E-state index contributed by atoms with van der Waals surface area (Å²) in [7, 11) is 0. The van der Waals surface area contributed by atoms with Crippen molar-refractivity contribution in [2.45, 2.75) is 57.2 Å². The maximum Gasteiger partial charge on any atom is 0.0509 e. The van der Waals surface area contributed by atoms with E-state index in [1.165, 1.54) is 45.2 Å². The fourth-order valence-corrected chi connectivity index (χ4v) is 3.33. The Morgan fingerprint density at radius 2 is 2.06 bits per heavy atom. The van der Waals surface area contributed by atoms with Crippen LogP contribution in [0.3, 0.4) is 0 Å². The van der Waals surface area contributed by atoms with E-state index in [0.29, 0.717) is 6.04 Å². The van der Waals surface area contributed by atoms with E-state index in [1.807, 2.05) is 0 Å². The maximum absolute atomic E-state index is 5.53. The van der Waals surface area contributed by atoms with E-state index < -0.39 is 0 Å². The third-order valence-electron chi connectivity index (χ3n) is 4.72. The average Bonchev–Trinajstić information content (AvgIpc) is 2.99. The van der Waals surface area contributed by atoms with Crippen molar-refractivity contribution in [3.63, 3.8) is 0 Å². The molecule has 2 aliphatic heterocycles. The lowest BCUT2D eigenvalue weighted by Crippen LogP contribution is -2.51. The molecule has 3 fully saturated rings. The summed E-state index contributed by atoms with van der Waals surface area (Å²) in [5, 5.41) is 3.80. The third kappa shape index (κ3) is 3.01. The lowest BCUT2D eigenvalue weighted by molar-refractivity contribution is 0.0959. The Kier molecular flexibility index (Phi) is 3.69. The standard InChI is InChI=1S/C14H26N2O/c1-11(12-6-8-17-10-12)16-7-2-3-14(9-16)15-13-4-5-13/h11-15H,2-10H2,1H3. The van der Waals surface area contributed by atoms with Gasteiger partial charge in [0.25, 0.3) is 0 Å². The summed E-state index contributed by atoms with van der Waals surface area (Å²) in [6.07, 6.45) is 6.81. The van der Waals surface area contributed by atoms with E-state index in [9.17, 15) is 0 Å². The van der Waals surface area contributed by atoms with Gasteiger partial charge in [0.05, 0.1) is 6.61 Å². The number of rotatable bonds is 4. The Labute approximate surface area is 105 Å². The smallest absolute Gasteiger partial charge is 0.0509 e. The molecule has 2 saturated heterocycles. The molecule has 17 heavy (non-hydrogen) atoms. The molecule has 0 aromatic rings. The van der Waals surface area contributed by atoms with Crippen LogP contribution in [0.2, 0.25) is 0 Å². The molecular weight excluding hydrogens is 212 g/mol. The van der Waals surface area contributed by atoms with Gasteiger partial charge in [-0.15, -0.1) is 0 Å². The maximum atomic E-state index is 5.53. The summed E-state index contributed by atoms with van der Waals surface area (Å²) in [6, 6.07) is 2.31. The summed E-state index contributed by atoms with van der Waals surface area (Å²) in [5.41, 5.74) is 0. The Morgan fingerprint density at radius 1 is 1.18 bits per heavy atom. The molecule has 1 N–H and O–H groups in total. The summed E-state index contributed by atoms with van der Waals surface area (Å²) in [5.74, 6) is 0.773. The second-order valence-electron chi connectivity index (χ2n) is 6.14.